The zero-order chi connectivity index (χ0) is 19.3. The third kappa shape index (κ3) is 4.55. The first-order chi connectivity index (χ1) is 12.3. The highest BCUT2D eigenvalue weighted by Gasteiger charge is 2.38. The molecule has 0 bridgehead atoms. The zero-order valence-electron chi connectivity index (χ0n) is 15.4. The summed E-state index contributed by atoms with van der Waals surface area (Å²) in [6.45, 7) is 3.63. The van der Waals surface area contributed by atoms with Gasteiger partial charge in [-0.1, -0.05) is 41.9 Å². The van der Waals surface area contributed by atoms with Gasteiger partial charge in [-0.25, -0.2) is 0 Å². The van der Waals surface area contributed by atoms with E-state index in [1.54, 1.807) is 44.0 Å². The van der Waals surface area contributed by atoms with Crippen LogP contribution in [0.3, 0.4) is 0 Å². The van der Waals surface area contributed by atoms with Crippen molar-refractivity contribution < 1.29 is 14.3 Å². The van der Waals surface area contributed by atoms with Crippen LogP contribution in [0.4, 0.5) is 5.69 Å². The van der Waals surface area contributed by atoms with E-state index in [0.29, 0.717) is 23.0 Å². The van der Waals surface area contributed by atoms with Crippen LogP contribution in [0.1, 0.15) is 19.4 Å². The second-order valence-corrected chi connectivity index (χ2v) is 7.01. The maximum atomic E-state index is 12.8. The molecule has 2 aromatic carbocycles. The molecule has 0 unspecified atom stereocenters. The summed E-state index contributed by atoms with van der Waals surface area (Å²) in [5, 5.41) is 3.21. The first-order valence-electron chi connectivity index (χ1n) is 8.20. The molecular weight excluding hydrogens is 352 g/mol. The molecule has 0 aliphatic carbocycles. The minimum absolute atomic E-state index is 0.278. The Kier molecular flexibility index (Phi) is 6.27. The van der Waals surface area contributed by atoms with E-state index >= 15 is 0 Å². The largest absolute Gasteiger partial charge is 0.495 e. The highest BCUT2D eigenvalue weighted by atomic mass is 35.5. The fourth-order valence-corrected chi connectivity index (χ4v) is 2.73. The molecule has 0 saturated carbocycles. The fraction of sp³-hybridized carbons (Fsp3) is 0.300. The zero-order valence-corrected chi connectivity index (χ0v) is 16.1. The van der Waals surface area contributed by atoms with Crippen LogP contribution in [-0.4, -0.2) is 30.9 Å². The Morgan fingerprint density at radius 3 is 2.42 bits per heavy atom. The maximum absolute atomic E-state index is 12.8. The van der Waals surface area contributed by atoms with E-state index in [-0.39, 0.29) is 5.91 Å². The van der Waals surface area contributed by atoms with Crippen molar-refractivity contribution >= 4 is 29.1 Å². The lowest BCUT2D eigenvalue weighted by Crippen LogP contribution is -2.45. The van der Waals surface area contributed by atoms with Gasteiger partial charge in [0, 0.05) is 18.6 Å². The third-order valence-electron chi connectivity index (χ3n) is 4.12. The average molecular weight is 375 g/mol. The van der Waals surface area contributed by atoms with Gasteiger partial charge < -0.3 is 15.0 Å². The lowest BCUT2D eigenvalue weighted by atomic mass is 9.90. The molecule has 0 atom stereocenters. The number of nitrogens with one attached hydrogen (secondary N) is 1. The Balaban J connectivity index is 2.13. The Labute approximate surface area is 158 Å². The average Bonchev–Trinajstić information content (AvgIpc) is 2.62. The van der Waals surface area contributed by atoms with E-state index in [0.717, 1.165) is 5.56 Å². The number of rotatable bonds is 6. The monoisotopic (exact) mass is 374 g/mol. The van der Waals surface area contributed by atoms with Crippen LogP contribution in [0, 0.1) is 5.41 Å². The minimum atomic E-state index is -1.25. The lowest BCUT2D eigenvalue weighted by molar-refractivity contribution is -0.145. The van der Waals surface area contributed by atoms with Crippen molar-refractivity contribution in [3.05, 3.63) is 59.1 Å². The van der Waals surface area contributed by atoms with Gasteiger partial charge in [-0.3, -0.25) is 9.59 Å². The summed E-state index contributed by atoms with van der Waals surface area (Å²) >= 11 is 5.99. The molecule has 1 N–H and O–H groups in total. The van der Waals surface area contributed by atoms with Crippen LogP contribution in [0.5, 0.6) is 5.75 Å². The summed E-state index contributed by atoms with van der Waals surface area (Å²) in [4.78, 5) is 27.1. The molecule has 138 valence electrons. The highest BCUT2D eigenvalue weighted by molar-refractivity contribution is 6.31. The number of methoxy groups -OCH3 is 1. The molecule has 0 radical (unpaired) electrons. The predicted molar refractivity (Wildman–Crippen MR) is 103 cm³/mol. The van der Waals surface area contributed by atoms with E-state index in [1.807, 2.05) is 30.3 Å². The predicted octanol–water partition coefficient (Wildman–Crippen LogP) is 3.97. The molecule has 0 fully saturated rings. The number of halogens is 1. The molecule has 26 heavy (non-hydrogen) atoms. The molecule has 0 saturated heterocycles. The van der Waals surface area contributed by atoms with Gasteiger partial charge in [0.15, 0.2) is 0 Å². The summed E-state index contributed by atoms with van der Waals surface area (Å²) in [5.41, 5.74) is 0.171. The summed E-state index contributed by atoms with van der Waals surface area (Å²) in [7, 11) is 3.19. The molecule has 0 heterocycles. The van der Waals surface area contributed by atoms with Crippen molar-refractivity contribution in [2.45, 2.75) is 20.4 Å². The molecule has 2 aromatic rings. The number of amides is 2. The van der Waals surface area contributed by atoms with Crippen molar-refractivity contribution in [2.75, 3.05) is 19.5 Å². The van der Waals surface area contributed by atoms with Gasteiger partial charge in [0.1, 0.15) is 11.2 Å². The normalized spacial score (nSPS) is 11.0. The Morgan fingerprint density at radius 2 is 1.81 bits per heavy atom. The van der Waals surface area contributed by atoms with Crippen LogP contribution in [0.15, 0.2) is 48.5 Å². The molecule has 0 spiro atoms. The van der Waals surface area contributed by atoms with Crippen LogP contribution in [0.25, 0.3) is 0 Å². The van der Waals surface area contributed by atoms with Gasteiger partial charge in [0.05, 0.1) is 12.8 Å². The molecule has 0 aliphatic rings. The highest BCUT2D eigenvalue weighted by Crippen LogP contribution is 2.30. The van der Waals surface area contributed by atoms with Crippen LogP contribution in [0.2, 0.25) is 5.02 Å². The van der Waals surface area contributed by atoms with Crippen molar-refractivity contribution in [3.63, 3.8) is 0 Å². The standard InChI is InChI=1S/C20H23ClN2O3/c1-20(2,19(25)23(3)13-14-8-6-5-7-9-14)18(24)22-16-12-15(21)10-11-17(16)26-4/h5-12H,13H2,1-4H3,(H,22,24). The molecule has 2 amide bonds. The molecular formula is C20H23ClN2O3. The lowest BCUT2D eigenvalue weighted by Gasteiger charge is -2.28. The van der Waals surface area contributed by atoms with Gasteiger partial charge in [0.2, 0.25) is 11.8 Å². The number of ether oxygens (including phenoxy) is 1. The Morgan fingerprint density at radius 1 is 1.15 bits per heavy atom. The van der Waals surface area contributed by atoms with Gasteiger partial charge in [-0.15, -0.1) is 0 Å². The third-order valence-corrected chi connectivity index (χ3v) is 4.36. The SMILES string of the molecule is COc1ccc(Cl)cc1NC(=O)C(C)(C)C(=O)N(C)Cc1ccccc1. The number of hydrogen-bond acceptors (Lipinski definition) is 3. The second-order valence-electron chi connectivity index (χ2n) is 6.57. The van der Waals surface area contributed by atoms with E-state index in [2.05, 4.69) is 5.32 Å². The second kappa shape index (κ2) is 8.23. The van der Waals surface area contributed by atoms with Crippen molar-refractivity contribution in [1.29, 1.82) is 0 Å². The molecule has 0 aliphatic heterocycles. The van der Waals surface area contributed by atoms with Crippen LogP contribution in [-0.2, 0) is 16.1 Å². The van der Waals surface area contributed by atoms with Gasteiger partial charge in [-0.05, 0) is 37.6 Å². The summed E-state index contributed by atoms with van der Waals surface area (Å²) in [6, 6.07) is 14.5. The fourth-order valence-electron chi connectivity index (χ4n) is 2.56. The van der Waals surface area contributed by atoms with Gasteiger partial charge >= 0.3 is 0 Å². The smallest absolute Gasteiger partial charge is 0.239 e. The number of nitrogens with zero attached hydrogens (tertiary/aromatic N) is 1. The number of hydrogen-bond donors (Lipinski definition) is 1. The number of anilines is 1. The molecule has 2 rings (SSSR count). The Bertz CT molecular complexity index is 791. The molecule has 5 nitrogen and oxygen atoms in total. The summed E-state index contributed by atoms with van der Waals surface area (Å²) in [6.07, 6.45) is 0. The van der Waals surface area contributed by atoms with Crippen LogP contribution < -0.4 is 10.1 Å². The number of benzene rings is 2. The van der Waals surface area contributed by atoms with Gasteiger partial charge in [-0.2, -0.15) is 0 Å². The van der Waals surface area contributed by atoms with Crippen molar-refractivity contribution in [1.82, 2.24) is 4.90 Å². The van der Waals surface area contributed by atoms with Gasteiger partial charge in [0.25, 0.3) is 0 Å². The quantitative estimate of drug-likeness (QED) is 0.778. The van der Waals surface area contributed by atoms with Crippen molar-refractivity contribution in [3.8, 4) is 5.75 Å². The Hall–Kier alpha value is -2.53. The maximum Gasteiger partial charge on any atom is 0.239 e. The van der Waals surface area contributed by atoms with E-state index in [1.165, 1.54) is 7.11 Å². The first kappa shape index (κ1) is 19.8. The van der Waals surface area contributed by atoms with Crippen LogP contribution >= 0.6 is 11.6 Å². The first-order valence-corrected chi connectivity index (χ1v) is 8.58. The van der Waals surface area contributed by atoms with E-state index < -0.39 is 11.3 Å². The molecule has 0 aromatic heterocycles. The summed E-state index contributed by atoms with van der Waals surface area (Å²) < 4.78 is 5.23. The van der Waals surface area contributed by atoms with Crippen molar-refractivity contribution in [2.24, 2.45) is 5.41 Å². The summed E-state index contributed by atoms with van der Waals surface area (Å²) in [5.74, 6) is -0.230. The topological polar surface area (TPSA) is 58.6 Å². The number of carbonyl (C=O) groups is 2. The van der Waals surface area contributed by atoms with E-state index in [9.17, 15) is 9.59 Å². The molecule has 6 heteroatoms. The number of carbonyl (C=O) groups excluding carboxylic acids is 2. The van der Waals surface area contributed by atoms with E-state index in [4.69, 9.17) is 16.3 Å². The minimum Gasteiger partial charge on any atom is -0.495 e.